The zero-order valence-corrected chi connectivity index (χ0v) is 7.63. The number of carboxylic acids is 1. The van der Waals surface area contributed by atoms with Gasteiger partial charge in [0, 0.05) is 0 Å². The first-order chi connectivity index (χ1) is 6.15. The van der Waals surface area contributed by atoms with E-state index in [-0.39, 0.29) is 17.2 Å². The highest BCUT2D eigenvalue weighted by Crippen LogP contribution is 2.10. The van der Waals surface area contributed by atoms with E-state index in [1.165, 1.54) is 6.07 Å². The summed E-state index contributed by atoms with van der Waals surface area (Å²) in [7, 11) is 0. The molecule has 70 valence electrons. The number of aromatic carboxylic acids is 1. The van der Waals surface area contributed by atoms with Gasteiger partial charge in [-0.2, -0.15) is 4.37 Å². The molecule has 0 spiro atoms. The molecule has 0 aliphatic rings. The Kier molecular flexibility index (Phi) is 2.97. The lowest BCUT2D eigenvalue weighted by Gasteiger charge is -1.94. The van der Waals surface area contributed by atoms with Crippen LogP contribution in [0.1, 0.15) is 27.1 Å². The van der Waals surface area contributed by atoms with Crippen molar-refractivity contribution in [3.8, 4) is 0 Å². The summed E-state index contributed by atoms with van der Waals surface area (Å²) in [5.74, 6) is -1.68. The summed E-state index contributed by atoms with van der Waals surface area (Å²) in [5.41, 5.74) is 0.0456. The Hall–Kier alpha value is -1.43. The van der Waals surface area contributed by atoms with Crippen LogP contribution in [0.15, 0.2) is 6.07 Å². The maximum Gasteiger partial charge on any atom is 0.358 e. The van der Waals surface area contributed by atoms with Gasteiger partial charge in [0.15, 0.2) is 5.69 Å². The van der Waals surface area contributed by atoms with E-state index in [1.54, 1.807) is 6.92 Å². The maximum absolute atomic E-state index is 11.0. The Labute approximate surface area is 78.1 Å². The van der Waals surface area contributed by atoms with Gasteiger partial charge in [-0.05, 0) is 24.5 Å². The Morgan fingerprint density at radius 3 is 2.85 bits per heavy atom. The van der Waals surface area contributed by atoms with Gasteiger partial charge in [0.2, 0.25) is 0 Å². The number of ether oxygens (including phenoxy) is 1. The van der Waals surface area contributed by atoms with Crippen molar-refractivity contribution in [3.63, 3.8) is 0 Å². The van der Waals surface area contributed by atoms with Gasteiger partial charge in [0.25, 0.3) is 0 Å². The molecule has 0 amide bonds. The molecule has 1 heterocycles. The molecule has 0 fully saturated rings. The summed E-state index contributed by atoms with van der Waals surface area (Å²) in [6, 6.07) is 1.20. The number of esters is 1. The van der Waals surface area contributed by atoms with E-state index in [2.05, 4.69) is 9.11 Å². The smallest absolute Gasteiger partial charge is 0.358 e. The number of hydrogen-bond acceptors (Lipinski definition) is 5. The van der Waals surface area contributed by atoms with Crippen molar-refractivity contribution in [2.24, 2.45) is 0 Å². The lowest BCUT2D eigenvalue weighted by molar-refractivity contribution is 0.0521. The number of rotatable bonds is 3. The summed E-state index contributed by atoms with van der Waals surface area (Å²) in [5, 5.41) is 8.53. The molecule has 1 rings (SSSR count). The Bertz CT molecular complexity index is 333. The van der Waals surface area contributed by atoms with Crippen molar-refractivity contribution in [1.82, 2.24) is 4.37 Å². The number of carbonyl (C=O) groups is 2. The number of carbonyl (C=O) groups excluding carboxylic acids is 1. The van der Waals surface area contributed by atoms with Gasteiger partial charge in [-0.15, -0.1) is 0 Å². The molecule has 1 aromatic rings. The zero-order valence-electron chi connectivity index (χ0n) is 6.81. The van der Waals surface area contributed by atoms with Gasteiger partial charge in [-0.25, -0.2) is 9.59 Å². The third kappa shape index (κ3) is 2.25. The van der Waals surface area contributed by atoms with Crippen molar-refractivity contribution in [3.05, 3.63) is 16.6 Å². The van der Waals surface area contributed by atoms with Crippen LogP contribution in [0.25, 0.3) is 0 Å². The van der Waals surface area contributed by atoms with E-state index >= 15 is 0 Å². The number of carboxylic acid groups (broad SMARTS) is 1. The minimum absolute atomic E-state index is 0.0306. The van der Waals surface area contributed by atoms with E-state index in [9.17, 15) is 9.59 Å². The summed E-state index contributed by atoms with van der Waals surface area (Å²) in [6.45, 7) is 1.92. The van der Waals surface area contributed by atoms with Crippen LogP contribution in [0.5, 0.6) is 0 Å². The fourth-order valence-corrected chi connectivity index (χ4v) is 1.24. The summed E-state index contributed by atoms with van der Waals surface area (Å²) in [6.07, 6.45) is 0. The fourth-order valence-electron chi connectivity index (χ4n) is 0.677. The third-order valence-corrected chi connectivity index (χ3v) is 1.98. The maximum atomic E-state index is 11.0. The highest BCUT2D eigenvalue weighted by Gasteiger charge is 2.14. The molecule has 6 heteroatoms. The molecule has 13 heavy (non-hydrogen) atoms. The van der Waals surface area contributed by atoms with Crippen LogP contribution >= 0.6 is 11.5 Å². The second kappa shape index (κ2) is 3.99. The molecule has 0 saturated heterocycles. The highest BCUT2D eigenvalue weighted by atomic mass is 32.1. The molecule has 0 unspecified atom stereocenters. The van der Waals surface area contributed by atoms with E-state index in [0.29, 0.717) is 0 Å². The molecule has 0 saturated carbocycles. The standard InChI is InChI=1S/C7H7NO4S/c1-2-12-7(11)4-3-5(6(9)10)13-8-4/h3H,2H2,1H3,(H,9,10). The van der Waals surface area contributed by atoms with Gasteiger partial charge in [0.1, 0.15) is 4.88 Å². The summed E-state index contributed by atoms with van der Waals surface area (Å²) >= 11 is 0.761. The second-order valence-electron chi connectivity index (χ2n) is 2.10. The van der Waals surface area contributed by atoms with Crippen molar-refractivity contribution in [2.45, 2.75) is 6.92 Å². The molecule has 0 aromatic carbocycles. The first kappa shape index (κ1) is 9.66. The quantitative estimate of drug-likeness (QED) is 0.739. The molecular weight excluding hydrogens is 194 g/mol. The second-order valence-corrected chi connectivity index (χ2v) is 2.91. The summed E-state index contributed by atoms with van der Waals surface area (Å²) < 4.78 is 8.28. The number of aromatic nitrogens is 1. The Balaban J connectivity index is 2.79. The van der Waals surface area contributed by atoms with Crippen LogP contribution in [0.4, 0.5) is 0 Å². The van der Waals surface area contributed by atoms with Crippen LogP contribution in [0.2, 0.25) is 0 Å². The fraction of sp³-hybridized carbons (Fsp3) is 0.286. The van der Waals surface area contributed by atoms with E-state index < -0.39 is 11.9 Å². The van der Waals surface area contributed by atoms with Gasteiger partial charge < -0.3 is 9.84 Å². The normalized spacial score (nSPS) is 9.62. The highest BCUT2D eigenvalue weighted by molar-refractivity contribution is 7.08. The van der Waals surface area contributed by atoms with Crippen molar-refractivity contribution < 1.29 is 19.4 Å². The SMILES string of the molecule is CCOC(=O)c1cc(C(=O)O)sn1. The van der Waals surface area contributed by atoms with E-state index in [4.69, 9.17) is 5.11 Å². The largest absolute Gasteiger partial charge is 0.477 e. The average molecular weight is 201 g/mol. The number of nitrogens with zero attached hydrogens (tertiary/aromatic N) is 1. The van der Waals surface area contributed by atoms with Crippen molar-refractivity contribution in [1.29, 1.82) is 0 Å². The van der Waals surface area contributed by atoms with Crippen LogP contribution < -0.4 is 0 Å². The molecule has 0 atom stereocenters. The van der Waals surface area contributed by atoms with Crippen molar-refractivity contribution in [2.75, 3.05) is 6.61 Å². The van der Waals surface area contributed by atoms with E-state index in [0.717, 1.165) is 11.5 Å². The minimum atomic E-state index is -1.09. The van der Waals surface area contributed by atoms with Crippen LogP contribution in [-0.2, 0) is 4.74 Å². The minimum Gasteiger partial charge on any atom is -0.477 e. The molecular formula is C7H7NO4S. The third-order valence-electron chi connectivity index (χ3n) is 1.21. The van der Waals surface area contributed by atoms with E-state index in [1.807, 2.05) is 0 Å². The topological polar surface area (TPSA) is 76.5 Å². The molecule has 1 N–H and O–H groups in total. The lowest BCUT2D eigenvalue weighted by Crippen LogP contribution is -2.04. The average Bonchev–Trinajstić information content (AvgIpc) is 2.52. The first-order valence-electron chi connectivity index (χ1n) is 3.52. The molecule has 0 radical (unpaired) electrons. The van der Waals surface area contributed by atoms with Gasteiger partial charge in [-0.3, -0.25) is 0 Å². The van der Waals surface area contributed by atoms with Gasteiger partial charge >= 0.3 is 11.9 Å². The summed E-state index contributed by atoms with van der Waals surface area (Å²) in [4.78, 5) is 21.5. The molecule has 0 aliphatic heterocycles. The lowest BCUT2D eigenvalue weighted by atomic mass is 10.4. The predicted octanol–water partition coefficient (Wildman–Crippen LogP) is 1.02. The van der Waals surface area contributed by atoms with Gasteiger partial charge in [-0.1, -0.05) is 0 Å². The molecule has 1 aromatic heterocycles. The van der Waals surface area contributed by atoms with Crippen LogP contribution in [0.3, 0.4) is 0 Å². The zero-order chi connectivity index (χ0) is 9.84. The van der Waals surface area contributed by atoms with Crippen LogP contribution in [0, 0.1) is 0 Å². The Morgan fingerprint density at radius 2 is 2.38 bits per heavy atom. The predicted molar refractivity (Wildman–Crippen MR) is 45.0 cm³/mol. The molecule has 5 nitrogen and oxygen atoms in total. The van der Waals surface area contributed by atoms with Crippen LogP contribution in [-0.4, -0.2) is 28.0 Å². The first-order valence-corrected chi connectivity index (χ1v) is 4.29. The molecule has 0 bridgehead atoms. The monoisotopic (exact) mass is 201 g/mol. The van der Waals surface area contributed by atoms with Crippen molar-refractivity contribution >= 4 is 23.5 Å². The Morgan fingerprint density at radius 1 is 1.69 bits per heavy atom. The number of hydrogen-bond donors (Lipinski definition) is 1. The molecule has 0 aliphatic carbocycles. The van der Waals surface area contributed by atoms with Gasteiger partial charge in [0.05, 0.1) is 6.61 Å².